The Balaban J connectivity index is 0.893. The lowest BCUT2D eigenvalue weighted by atomic mass is 10.0. The quantitative estimate of drug-likeness (QED) is 0.184. The minimum absolute atomic E-state index is 0.0148. The third-order valence-electron chi connectivity index (χ3n) is 10.3. The van der Waals surface area contributed by atoms with Gasteiger partial charge in [0.25, 0.3) is 17.7 Å². The van der Waals surface area contributed by atoms with Crippen LogP contribution < -0.4 is 31.5 Å². The molecule has 56 heavy (non-hydrogen) atoms. The Morgan fingerprint density at radius 2 is 1.46 bits per heavy atom. The molecule has 0 spiro atoms. The van der Waals surface area contributed by atoms with Crippen LogP contribution in [-0.4, -0.2) is 100 Å². The Bertz CT molecular complexity index is 2120. The van der Waals surface area contributed by atoms with Gasteiger partial charge in [0, 0.05) is 75.5 Å². The van der Waals surface area contributed by atoms with E-state index in [1.54, 1.807) is 16.8 Å². The maximum absolute atomic E-state index is 13.1. The summed E-state index contributed by atoms with van der Waals surface area (Å²) < 4.78 is 41.0. The van der Waals surface area contributed by atoms with Gasteiger partial charge in [-0.05, 0) is 67.8 Å². The van der Waals surface area contributed by atoms with Crippen LogP contribution in [-0.2, 0) is 15.8 Å². The van der Waals surface area contributed by atoms with Crippen molar-refractivity contribution in [1.29, 1.82) is 0 Å². The number of alkyl halides is 3. The first kappa shape index (κ1) is 38.0. The van der Waals surface area contributed by atoms with E-state index in [0.717, 1.165) is 81.7 Å². The average molecular weight is 773 g/mol. The highest BCUT2D eigenvalue weighted by Crippen LogP contribution is 2.29. The van der Waals surface area contributed by atoms with Crippen LogP contribution in [0.25, 0.3) is 5.69 Å². The van der Waals surface area contributed by atoms with Crippen LogP contribution >= 0.6 is 0 Å². The summed E-state index contributed by atoms with van der Waals surface area (Å²) in [6, 6.07) is 13.9. The molecule has 18 heteroatoms. The summed E-state index contributed by atoms with van der Waals surface area (Å²) in [4.78, 5) is 75.8. The predicted molar refractivity (Wildman–Crippen MR) is 198 cm³/mol. The molecule has 1 atom stereocenters. The van der Waals surface area contributed by atoms with Crippen molar-refractivity contribution in [3.05, 3.63) is 95.8 Å². The molecule has 5 N–H and O–H groups in total. The Morgan fingerprint density at radius 1 is 0.786 bits per heavy atom. The molecule has 7 rings (SSSR count). The molecule has 3 aliphatic heterocycles. The molecule has 292 valence electrons. The second-order valence-corrected chi connectivity index (χ2v) is 13.9. The van der Waals surface area contributed by atoms with Crippen molar-refractivity contribution >= 4 is 46.6 Å². The van der Waals surface area contributed by atoms with E-state index in [1.165, 1.54) is 12.4 Å². The molecular formula is C38H39F3N10O5. The van der Waals surface area contributed by atoms with E-state index >= 15 is 0 Å². The first-order valence-electron chi connectivity index (χ1n) is 18.1. The van der Waals surface area contributed by atoms with E-state index in [9.17, 15) is 37.1 Å². The number of hydrogen-bond donors (Lipinski definition) is 4. The molecule has 4 aromatic rings. The lowest BCUT2D eigenvalue weighted by molar-refractivity contribution is -0.141. The molecule has 1 aromatic carbocycles. The fourth-order valence-corrected chi connectivity index (χ4v) is 7.25. The number of piperazine rings is 1. The number of anilines is 3. The molecule has 5 amide bonds. The van der Waals surface area contributed by atoms with Gasteiger partial charge < -0.3 is 30.7 Å². The summed E-state index contributed by atoms with van der Waals surface area (Å²) >= 11 is 0. The van der Waals surface area contributed by atoms with Gasteiger partial charge in [0.2, 0.25) is 11.8 Å². The first-order chi connectivity index (χ1) is 26.8. The van der Waals surface area contributed by atoms with E-state index < -0.39 is 47.2 Å². The van der Waals surface area contributed by atoms with E-state index in [0.29, 0.717) is 11.7 Å². The standard InChI is InChI=1S/C38H39F3N10O5/c39-38(40,41)32-3-1-2-29(44-32)36(55)46-31-22-51(21-27(31)34(42)53)24-6-4-23(5-7-24)49-16-18-50(19-17-49)25-12-14-48(15-13-25)26-8-9-28(43-20-26)35(54)45-30-10-11-33(52)47-37(30)56/h1-9,20-22,25,30H,10-19H2,(H2,42,53)(H,45,54)(H,46,55)(H,47,52,56). The molecule has 3 saturated heterocycles. The van der Waals surface area contributed by atoms with Gasteiger partial charge in [-0.3, -0.25) is 34.2 Å². The normalized spacial score (nSPS) is 18.4. The molecule has 0 aliphatic carbocycles. The Kier molecular flexibility index (Phi) is 10.7. The van der Waals surface area contributed by atoms with Crippen molar-refractivity contribution in [3.63, 3.8) is 0 Å². The van der Waals surface area contributed by atoms with Crippen LogP contribution in [0.2, 0.25) is 0 Å². The highest BCUT2D eigenvalue weighted by Gasteiger charge is 2.33. The summed E-state index contributed by atoms with van der Waals surface area (Å²) in [5, 5.41) is 7.34. The predicted octanol–water partition coefficient (Wildman–Crippen LogP) is 2.96. The summed E-state index contributed by atoms with van der Waals surface area (Å²) in [5.41, 5.74) is 6.74. The number of piperidine rings is 2. The lowest BCUT2D eigenvalue weighted by Crippen LogP contribution is -2.53. The smallest absolute Gasteiger partial charge is 0.370 e. The molecule has 0 bridgehead atoms. The zero-order chi connectivity index (χ0) is 39.6. The minimum Gasteiger partial charge on any atom is -0.370 e. The van der Waals surface area contributed by atoms with Crippen molar-refractivity contribution in [2.24, 2.45) is 5.73 Å². The van der Waals surface area contributed by atoms with Crippen molar-refractivity contribution in [2.45, 2.75) is 43.9 Å². The first-order valence-corrected chi connectivity index (χ1v) is 18.1. The highest BCUT2D eigenvalue weighted by molar-refractivity contribution is 6.08. The van der Waals surface area contributed by atoms with Gasteiger partial charge >= 0.3 is 6.18 Å². The number of nitrogens with two attached hydrogens (primary N) is 1. The van der Waals surface area contributed by atoms with E-state index in [1.807, 2.05) is 30.3 Å². The largest absolute Gasteiger partial charge is 0.433 e. The van der Waals surface area contributed by atoms with E-state index in [-0.39, 0.29) is 35.7 Å². The number of rotatable bonds is 9. The number of halogens is 3. The van der Waals surface area contributed by atoms with Crippen molar-refractivity contribution in [2.75, 3.05) is 54.4 Å². The van der Waals surface area contributed by atoms with Crippen molar-refractivity contribution < 1.29 is 37.1 Å². The number of nitrogens with one attached hydrogen (secondary N) is 3. The highest BCUT2D eigenvalue weighted by atomic mass is 19.4. The molecule has 3 aromatic heterocycles. The van der Waals surface area contributed by atoms with Gasteiger partial charge in [0.1, 0.15) is 23.1 Å². The number of carbonyl (C=O) groups is 5. The number of amides is 5. The van der Waals surface area contributed by atoms with Crippen LogP contribution in [0.4, 0.5) is 30.2 Å². The van der Waals surface area contributed by atoms with Crippen molar-refractivity contribution in [1.82, 2.24) is 30.1 Å². The second-order valence-electron chi connectivity index (χ2n) is 13.9. The maximum Gasteiger partial charge on any atom is 0.433 e. The lowest BCUT2D eigenvalue weighted by Gasteiger charge is -2.43. The van der Waals surface area contributed by atoms with Gasteiger partial charge in [0.15, 0.2) is 0 Å². The van der Waals surface area contributed by atoms with Gasteiger partial charge in [-0.15, -0.1) is 0 Å². The summed E-state index contributed by atoms with van der Waals surface area (Å²) in [6.07, 6.45) is 2.28. The van der Waals surface area contributed by atoms with Gasteiger partial charge in [-0.1, -0.05) is 6.07 Å². The van der Waals surface area contributed by atoms with Crippen LogP contribution in [0.3, 0.4) is 0 Å². The minimum atomic E-state index is -4.72. The Labute approximate surface area is 319 Å². The van der Waals surface area contributed by atoms with E-state index in [2.05, 4.69) is 40.6 Å². The van der Waals surface area contributed by atoms with Crippen LogP contribution in [0.1, 0.15) is 62.7 Å². The molecule has 15 nitrogen and oxygen atoms in total. The van der Waals surface area contributed by atoms with Crippen LogP contribution in [0, 0.1) is 0 Å². The Hall–Kier alpha value is -6.30. The molecule has 3 fully saturated rings. The SMILES string of the molecule is NC(=O)c1cn(-c2ccc(N3CCN(C4CCN(c5ccc(C(=O)NC6CCC(=O)NC6=O)nc5)CC4)CC3)cc2)cc1NC(=O)c1cccc(C(F)(F)F)n1. The number of pyridine rings is 2. The third kappa shape index (κ3) is 8.49. The molecule has 1 unspecified atom stereocenters. The Morgan fingerprint density at radius 3 is 2.11 bits per heavy atom. The summed E-state index contributed by atoms with van der Waals surface area (Å²) in [5.74, 6) is -3.06. The summed E-state index contributed by atoms with van der Waals surface area (Å²) in [6.45, 7) is 5.16. The van der Waals surface area contributed by atoms with E-state index in [4.69, 9.17) is 5.73 Å². The fraction of sp³-hybridized carbons (Fsp3) is 0.342. The number of hydrogen-bond acceptors (Lipinski definition) is 10. The third-order valence-corrected chi connectivity index (χ3v) is 10.3. The molecule has 0 radical (unpaired) electrons. The molecule has 0 saturated carbocycles. The summed E-state index contributed by atoms with van der Waals surface area (Å²) in [7, 11) is 0. The van der Waals surface area contributed by atoms with Gasteiger partial charge in [-0.2, -0.15) is 13.2 Å². The average Bonchev–Trinajstić information content (AvgIpc) is 3.63. The number of aromatic nitrogens is 3. The fourth-order valence-electron chi connectivity index (χ4n) is 7.25. The van der Waals surface area contributed by atoms with Crippen molar-refractivity contribution in [3.8, 4) is 5.69 Å². The zero-order valence-corrected chi connectivity index (χ0v) is 30.1. The number of imide groups is 1. The number of carbonyl (C=O) groups excluding carboxylic acids is 5. The maximum atomic E-state index is 13.1. The number of benzene rings is 1. The van der Waals surface area contributed by atoms with Crippen LogP contribution in [0.5, 0.6) is 0 Å². The molecular weight excluding hydrogens is 733 g/mol. The number of primary amides is 1. The van der Waals surface area contributed by atoms with Crippen LogP contribution in [0.15, 0.2) is 73.2 Å². The van der Waals surface area contributed by atoms with Gasteiger partial charge in [-0.25, -0.2) is 9.97 Å². The second kappa shape index (κ2) is 15.8. The monoisotopic (exact) mass is 772 g/mol. The molecule has 6 heterocycles. The number of nitrogens with zero attached hydrogens (tertiary/aromatic N) is 6. The zero-order valence-electron chi connectivity index (χ0n) is 30.1. The van der Waals surface area contributed by atoms with Gasteiger partial charge in [0.05, 0.1) is 23.1 Å². The molecule has 3 aliphatic rings. The topological polar surface area (TPSA) is 188 Å².